The monoisotopic (exact) mass is 394 g/mol. The van der Waals surface area contributed by atoms with Crippen molar-refractivity contribution in [2.75, 3.05) is 13.1 Å². The third-order valence-electron chi connectivity index (χ3n) is 4.08. The first kappa shape index (κ1) is 19.2. The van der Waals surface area contributed by atoms with Gasteiger partial charge in [-0.15, -0.1) is 0 Å². The predicted octanol–water partition coefficient (Wildman–Crippen LogP) is 2.48. The number of alkyl halides is 3. The van der Waals surface area contributed by atoms with E-state index in [4.69, 9.17) is 34.8 Å². The van der Waals surface area contributed by atoms with E-state index in [9.17, 15) is 14.9 Å². The largest absolute Gasteiger partial charge is 0.312 e. The number of hydrogen-bond acceptors (Lipinski definition) is 3. The normalized spacial score (nSPS) is 17.8. The lowest BCUT2D eigenvalue weighted by atomic mass is 10.2. The highest BCUT2D eigenvalue weighted by Gasteiger charge is 2.42. The van der Waals surface area contributed by atoms with E-state index in [-0.39, 0.29) is 11.3 Å². The van der Waals surface area contributed by atoms with E-state index in [1.165, 1.54) is 24.3 Å². The van der Waals surface area contributed by atoms with Crippen LogP contribution in [0.2, 0.25) is 0 Å². The molecule has 0 radical (unpaired) electrons. The second-order valence-corrected chi connectivity index (χ2v) is 8.20. The van der Waals surface area contributed by atoms with Crippen molar-refractivity contribution < 1.29 is 14.6 Å². The molecule has 9 heteroatoms. The summed E-state index contributed by atoms with van der Waals surface area (Å²) in [4.78, 5) is 23.8. The second-order valence-electron chi connectivity index (χ2n) is 5.83. The van der Waals surface area contributed by atoms with E-state index < -0.39 is 20.8 Å². The van der Waals surface area contributed by atoms with Crippen molar-refractivity contribution >= 4 is 46.4 Å². The van der Waals surface area contributed by atoms with E-state index >= 15 is 0 Å². The Labute approximate surface area is 155 Å². The topological polar surface area (TPSA) is 76.7 Å². The van der Waals surface area contributed by atoms with Gasteiger partial charge in [0.15, 0.2) is 0 Å². The number of carbonyl (C=O) groups excluding carboxylic acids is 1. The molecule has 1 aliphatic heterocycles. The van der Waals surface area contributed by atoms with Crippen LogP contribution in [0, 0.1) is 10.1 Å². The first-order valence-corrected chi connectivity index (χ1v) is 8.89. The summed E-state index contributed by atoms with van der Waals surface area (Å²) in [7, 11) is 0. The van der Waals surface area contributed by atoms with Crippen molar-refractivity contribution in [3.63, 3.8) is 0 Å². The van der Waals surface area contributed by atoms with Crippen LogP contribution in [-0.2, 0) is 0 Å². The van der Waals surface area contributed by atoms with Crippen molar-refractivity contribution in [2.24, 2.45) is 0 Å². The summed E-state index contributed by atoms with van der Waals surface area (Å²) in [6, 6.07) is 5.48. The minimum Gasteiger partial charge on any atom is -0.312 e. The molecule has 0 bridgehead atoms. The number of halogens is 3. The SMILES string of the molecule is O=C(N[C@H]([NH+]1CCCCCC1)C(Cl)(Cl)Cl)c1cccc([N+](=O)[O-])c1. The van der Waals surface area contributed by atoms with Crippen molar-refractivity contribution in [1.82, 2.24) is 5.32 Å². The number of nitro groups is 1. The molecule has 0 aromatic heterocycles. The molecule has 1 heterocycles. The maximum atomic E-state index is 12.5. The number of amides is 1. The molecule has 1 amide bonds. The number of quaternary nitrogens is 1. The molecule has 1 aliphatic rings. The number of rotatable bonds is 4. The Morgan fingerprint density at radius 1 is 1.21 bits per heavy atom. The molecular weight excluding hydrogens is 377 g/mol. The number of nitrogens with one attached hydrogen (secondary N) is 2. The smallest absolute Gasteiger partial charge is 0.270 e. The summed E-state index contributed by atoms with van der Waals surface area (Å²) in [5.74, 6) is -0.494. The highest BCUT2D eigenvalue weighted by atomic mass is 35.6. The molecule has 0 saturated carbocycles. The number of non-ortho nitro benzene ring substituents is 1. The van der Waals surface area contributed by atoms with Crippen molar-refractivity contribution in [3.8, 4) is 0 Å². The zero-order valence-electron chi connectivity index (χ0n) is 12.9. The Morgan fingerprint density at radius 3 is 2.38 bits per heavy atom. The quantitative estimate of drug-likeness (QED) is 0.467. The Morgan fingerprint density at radius 2 is 1.83 bits per heavy atom. The number of likely N-dealkylation sites (tertiary alicyclic amines) is 1. The third-order valence-corrected chi connectivity index (χ3v) is 4.73. The Hall–Kier alpha value is -1.08. The lowest BCUT2D eigenvalue weighted by Gasteiger charge is -2.32. The van der Waals surface area contributed by atoms with Crippen molar-refractivity contribution in [3.05, 3.63) is 39.9 Å². The molecule has 1 saturated heterocycles. The molecule has 1 fully saturated rings. The lowest BCUT2D eigenvalue weighted by molar-refractivity contribution is -0.926. The van der Waals surface area contributed by atoms with Gasteiger partial charge in [-0.05, 0) is 31.7 Å². The van der Waals surface area contributed by atoms with Crippen LogP contribution < -0.4 is 10.2 Å². The van der Waals surface area contributed by atoms with Gasteiger partial charge in [0, 0.05) is 17.7 Å². The summed E-state index contributed by atoms with van der Waals surface area (Å²) in [6.45, 7) is 1.60. The Balaban J connectivity index is 2.18. The van der Waals surface area contributed by atoms with Gasteiger partial charge < -0.3 is 4.90 Å². The molecule has 24 heavy (non-hydrogen) atoms. The van der Waals surface area contributed by atoms with Gasteiger partial charge in [-0.25, -0.2) is 0 Å². The maximum absolute atomic E-state index is 12.5. The van der Waals surface area contributed by atoms with Crippen LogP contribution in [-0.4, -0.2) is 33.9 Å². The first-order valence-electron chi connectivity index (χ1n) is 7.75. The zero-order chi connectivity index (χ0) is 17.7. The van der Waals surface area contributed by atoms with Crippen LogP contribution in [0.1, 0.15) is 36.0 Å². The fourth-order valence-corrected chi connectivity index (χ4v) is 3.49. The fraction of sp³-hybridized carbons (Fsp3) is 0.533. The van der Waals surface area contributed by atoms with Crippen LogP contribution in [0.4, 0.5) is 5.69 Å². The number of nitrogens with zero attached hydrogens (tertiary/aromatic N) is 1. The molecule has 2 N–H and O–H groups in total. The third kappa shape index (κ3) is 5.21. The molecule has 0 aliphatic carbocycles. The molecule has 0 spiro atoms. The van der Waals surface area contributed by atoms with E-state index in [1.54, 1.807) is 0 Å². The molecule has 2 rings (SSSR count). The molecule has 1 aromatic carbocycles. The minimum atomic E-state index is -1.67. The molecule has 1 atom stereocenters. The van der Waals surface area contributed by atoms with Crippen LogP contribution in [0.15, 0.2) is 24.3 Å². The summed E-state index contributed by atoms with van der Waals surface area (Å²) in [6.07, 6.45) is 3.52. The summed E-state index contributed by atoms with van der Waals surface area (Å²) >= 11 is 18.3. The average Bonchev–Trinajstić information content (AvgIpc) is 2.80. The average molecular weight is 396 g/mol. The Kier molecular flexibility index (Phi) is 6.69. The van der Waals surface area contributed by atoms with E-state index in [1.807, 2.05) is 0 Å². The minimum absolute atomic E-state index is 0.157. The summed E-state index contributed by atoms with van der Waals surface area (Å²) < 4.78 is -1.67. The summed E-state index contributed by atoms with van der Waals surface area (Å²) in [5, 5.41) is 13.6. The van der Waals surface area contributed by atoms with Crippen LogP contribution in [0.3, 0.4) is 0 Å². The molecule has 0 unspecified atom stereocenters. The van der Waals surface area contributed by atoms with Crippen molar-refractivity contribution in [1.29, 1.82) is 0 Å². The standard InChI is InChI=1S/C15H18Cl3N3O3/c16-15(17,18)14(20-8-3-1-2-4-9-20)19-13(22)11-6-5-7-12(10-11)21(23)24/h5-7,10,14H,1-4,8-9H2,(H,19,22)/p+1/t14-/m1/s1. The van der Waals surface area contributed by atoms with Gasteiger partial charge >= 0.3 is 0 Å². The van der Waals surface area contributed by atoms with Gasteiger partial charge in [-0.1, -0.05) is 40.9 Å². The Bertz CT molecular complexity index is 599. The molecule has 6 nitrogen and oxygen atoms in total. The molecule has 132 valence electrons. The second kappa shape index (κ2) is 8.34. The predicted molar refractivity (Wildman–Crippen MR) is 93.8 cm³/mol. The van der Waals surface area contributed by atoms with E-state index in [0.717, 1.165) is 43.7 Å². The lowest BCUT2D eigenvalue weighted by Crippen LogP contribution is -3.19. The van der Waals surface area contributed by atoms with Gasteiger partial charge in [0.1, 0.15) is 0 Å². The fourth-order valence-electron chi connectivity index (χ4n) is 2.86. The zero-order valence-corrected chi connectivity index (χ0v) is 15.2. The van der Waals surface area contributed by atoms with Gasteiger partial charge in [0.2, 0.25) is 6.17 Å². The van der Waals surface area contributed by atoms with Crippen LogP contribution in [0.25, 0.3) is 0 Å². The first-order chi connectivity index (χ1) is 11.3. The number of hydrogen-bond donors (Lipinski definition) is 2. The van der Waals surface area contributed by atoms with Gasteiger partial charge in [0.25, 0.3) is 15.4 Å². The van der Waals surface area contributed by atoms with Crippen molar-refractivity contribution in [2.45, 2.75) is 35.6 Å². The number of nitro benzene ring substituents is 1. The number of carbonyl (C=O) groups is 1. The van der Waals surface area contributed by atoms with Crippen LogP contribution >= 0.6 is 34.8 Å². The molecule has 1 aromatic rings. The van der Waals surface area contributed by atoms with Gasteiger partial charge in [0.05, 0.1) is 18.0 Å². The number of benzene rings is 1. The maximum Gasteiger partial charge on any atom is 0.270 e. The van der Waals surface area contributed by atoms with Gasteiger partial charge in [-0.2, -0.15) is 0 Å². The van der Waals surface area contributed by atoms with E-state index in [0.29, 0.717) is 0 Å². The molecular formula is C15H19Cl3N3O3+. The highest BCUT2D eigenvalue weighted by molar-refractivity contribution is 6.68. The van der Waals surface area contributed by atoms with Gasteiger partial charge in [-0.3, -0.25) is 20.2 Å². The summed E-state index contributed by atoms with van der Waals surface area (Å²) in [5.41, 5.74) is 0.00729. The van der Waals surface area contributed by atoms with E-state index in [2.05, 4.69) is 5.32 Å². The van der Waals surface area contributed by atoms with Crippen LogP contribution in [0.5, 0.6) is 0 Å². The highest BCUT2D eigenvalue weighted by Crippen LogP contribution is 2.28.